The predicted molar refractivity (Wildman–Crippen MR) is 76.9 cm³/mol. The van der Waals surface area contributed by atoms with Gasteiger partial charge in [-0.25, -0.2) is 9.97 Å². The van der Waals surface area contributed by atoms with E-state index in [9.17, 15) is 13.2 Å². The van der Waals surface area contributed by atoms with E-state index in [4.69, 9.17) is 4.74 Å². The minimum absolute atomic E-state index is 0.0457. The molecule has 2 aliphatic heterocycles. The smallest absolute Gasteiger partial charge is 0.375 e. The molecule has 4 rings (SSSR count). The summed E-state index contributed by atoms with van der Waals surface area (Å²) in [5.74, 6) is 0.749. The molecule has 0 radical (unpaired) electrons. The Morgan fingerprint density at radius 1 is 1.26 bits per heavy atom. The van der Waals surface area contributed by atoms with E-state index >= 15 is 0 Å². The van der Waals surface area contributed by atoms with Crippen LogP contribution in [0.2, 0.25) is 0 Å². The van der Waals surface area contributed by atoms with Crippen molar-refractivity contribution < 1.29 is 17.9 Å². The molecule has 0 unspecified atom stereocenters. The molecule has 3 heterocycles. The first kappa shape index (κ1) is 15.1. The largest absolute Gasteiger partial charge is 0.433 e. The summed E-state index contributed by atoms with van der Waals surface area (Å²) in [6, 6.07) is 1.29. The fourth-order valence-corrected chi connectivity index (χ4v) is 3.53. The van der Waals surface area contributed by atoms with Crippen molar-refractivity contribution >= 4 is 5.95 Å². The summed E-state index contributed by atoms with van der Waals surface area (Å²) >= 11 is 0. The molecule has 1 saturated carbocycles. The standard InChI is InChI=1S/C15H19F3N4O/c16-15(17,18)13-3-4-19-14(21-13)20-10-5-11-8-23-12(9-1-2-9)7-22(11)6-10/h3-4,9-12H,1-2,5-8H2,(H,19,20,21)/t10-,11-,12+/m0/s1. The van der Waals surface area contributed by atoms with Gasteiger partial charge in [-0.3, -0.25) is 4.90 Å². The molecule has 2 saturated heterocycles. The van der Waals surface area contributed by atoms with Crippen LogP contribution in [0.3, 0.4) is 0 Å². The molecule has 0 amide bonds. The third-order valence-electron chi connectivity index (χ3n) is 4.87. The van der Waals surface area contributed by atoms with Crippen molar-refractivity contribution in [1.29, 1.82) is 0 Å². The lowest BCUT2D eigenvalue weighted by molar-refractivity contribution is -0.141. The molecule has 3 fully saturated rings. The molecule has 23 heavy (non-hydrogen) atoms. The van der Waals surface area contributed by atoms with E-state index in [0.29, 0.717) is 24.7 Å². The van der Waals surface area contributed by atoms with Gasteiger partial charge in [-0.2, -0.15) is 13.2 Å². The van der Waals surface area contributed by atoms with Gasteiger partial charge >= 0.3 is 6.18 Å². The van der Waals surface area contributed by atoms with Gasteiger partial charge in [0.25, 0.3) is 0 Å². The highest BCUT2D eigenvalue weighted by molar-refractivity contribution is 5.28. The Bertz CT molecular complexity index is 578. The monoisotopic (exact) mass is 328 g/mol. The summed E-state index contributed by atoms with van der Waals surface area (Å²) in [6.45, 7) is 2.44. The molecule has 1 N–H and O–H groups in total. The lowest BCUT2D eigenvalue weighted by Crippen LogP contribution is -2.47. The summed E-state index contributed by atoms with van der Waals surface area (Å²) in [5, 5.41) is 3.05. The summed E-state index contributed by atoms with van der Waals surface area (Å²) in [6.07, 6.45) is 0.378. The first-order chi connectivity index (χ1) is 11.0. The van der Waals surface area contributed by atoms with Gasteiger partial charge in [0.15, 0.2) is 0 Å². The second-order valence-corrected chi connectivity index (χ2v) is 6.66. The molecule has 1 aromatic rings. The first-order valence-electron chi connectivity index (χ1n) is 8.01. The maximum Gasteiger partial charge on any atom is 0.433 e. The molecule has 3 atom stereocenters. The average molecular weight is 328 g/mol. The van der Waals surface area contributed by atoms with Crippen LogP contribution in [0.15, 0.2) is 12.3 Å². The molecule has 5 nitrogen and oxygen atoms in total. The number of ether oxygens (including phenoxy) is 1. The van der Waals surface area contributed by atoms with Crippen molar-refractivity contribution in [2.75, 3.05) is 25.0 Å². The Balaban J connectivity index is 1.39. The van der Waals surface area contributed by atoms with Crippen LogP contribution in [-0.2, 0) is 10.9 Å². The molecule has 0 bridgehead atoms. The second kappa shape index (κ2) is 5.59. The van der Waals surface area contributed by atoms with Crippen molar-refractivity contribution in [2.24, 2.45) is 5.92 Å². The second-order valence-electron chi connectivity index (χ2n) is 6.66. The van der Waals surface area contributed by atoms with Gasteiger partial charge < -0.3 is 10.1 Å². The molecule has 126 valence electrons. The fraction of sp³-hybridized carbons (Fsp3) is 0.733. The molecular formula is C15H19F3N4O. The van der Waals surface area contributed by atoms with Crippen LogP contribution in [-0.4, -0.2) is 52.8 Å². The van der Waals surface area contributed by atoms with Gasteiger partial charge in [0, 0.05) is 31.4 Å². The van der Waals surface area contributed by atoms with Crippen LogP contribution in [0.25, 0.3) is 0 Å². The van der Waals surface area contributed by atoms with E-state index in [2.05, 4.69) is 20.2 Å². The number of hydrogen-bond acceptors (Lipinski definition) is 5. The fourth-order valence-electron chi connectivity index (χ4n) is 3.53. The van der Waals surface area contributed by atoms with Crippen LogP contribution in [0.5, 0.6) is 0 Å². The molecule has 1 aromatic heterocycles. The third kappa shape index (κ3) is 3.28. The molecule has 3 aliphatic rings. The third-order valence-corrected chi connectivity index (χ3v) is 4.87. The van der Waals surface area contributed by atoms with Crippen molar-refractivity contribution in [3.8, 4) is 0 Å². The van der Waals surface area contributed by atoms with Crippen molar-refractivity contribution in [2.45, 2.75) is 43.6 Å². The molecule has 8 heteroatoms. The lowest BCUT2D eigenvalue weighted by Gasteiger charge is -2.35. The first-order valence-corrected chi connectivity index (χ1v) is 8.01. The highest BCUT2D eigenvalue weighted by Crippen LogP contribution is 2.38. The SMILES string of the molecule is FC(F)(F)c1ccnc(N[C@H]2C[C@H]3CO[C@@H](C4CC4)CN3C2)n1. The van der Waals surface area contributed by atoms with Crippen LogP contribution >= 0.6 is 0 Å². The van der Waals surface area contributed by atoms with E-state index in [1.54, 1.807) is 0 Å². The number of morpholine rings is 1. The summed E-state index contributed by atoms with van der Waals surface area (Å²) < 4.78 is 44.0. The van der Waals surface area contributed by atoms with Gasteiger partial charge in [0.05, 0.1) is 12.7 Å². The van der Waals surface area contributed by atoms with Gasteiger partial charge in [0.2, 0.25) is 5.95 Å². The number of aromatic nitrogens is 2. The molecule has 0 aromatic carbocycles. The minimum Gasteiger partial charge on any atom is -0.375 e. The van der Waals surface area contributed by atoms with Crippen LogP contribution in [0.4, 0.5) is 19.1 Å². The molecule has 0 spiro atoms. The Hall–Kier alpha value is -1.41. The van der Waals surface area contributed by atoms with Crippen LogP contribution in [0.1, 0.15) is 25.0 Å². The van der Waals surface area contributed by atoms with Crippen molar-refractivity contribution in [1.82, 2.24) is 14.9 Å². The molecular weight excluding hydrogens is 309 g/mol. The topological polar surface area (TPSA) is 50.3 Å². The normalized spacial score (nSPS) is 31.9. The number of hydrogen-bond donors (Lipinski definition) is 1. The average Bonchev–Trinajstić information content (AvgIpc) is 3.27. The zero-order valence-corrected chi connectivity index (χ0v) is 12.6. The Labute approximate surface area is 132 Å². The van der Waals surface area contributed by atoms with Gasteiger partial charge in [-0.15, -0.1) is 0 Å². The predicted octanol–water partition coefficient (Wildman–Crippen LogP) is 2.16. The number of halogens is 3. The number of anilines is 1. The van der Waals surface area contributed by atoms with E-state index in [1.807, 2.05) is 0 Å². The maximum absolute atomic E-state index is 12.7. The number of nitrogens with one attached hydrogen (secondary N) is 1. The highest BCUT2D eigenvalue weighted by Gasteiger charge is 2.42. The Morgan fingerprint density at radius 3 is 2.83 bits per heavy atom. The number of alkyl halides is 3. The summed E-state index contributed by atoms with van der Waals surface area (Å²) in [5.41, 5.74) is -0.914. The maximum atomic E-state index is 12.7. The zero-order valence-electron chi connectivity index (χ0n) is 12.6. The summed E-state index contributed by atoms with van der Waals surface area (Å²) in [7, 11) is 0. The van der Waals surface area contributed by atoms with Crippen LogP contribution in [0, 0.1) is 5.92 Å². The van der Waals surface area contributed by atoms with E-state index in [-0.39, 0.29) is 12.0 Å². The van der Waals surface area contributed by atoms with Gasteiger partial charge in [-0.1, -0.05) is 0 Å². The van der Waals surface area contributed by atoms with E-state index in [0.717, 1.165) is 31.8 Å². The molecule has 1 aliphatic carbocycles. The number of nitrogens with zero attached hydrogens (tertiary/aromatic N) is 3. The van der Waals surface area contributed by atoms with Gasteiger partial charge in [0.1, 0.15) is 5.69 Å². The Kier molecular flexibility index (Phi) is 3.68. The van der Waals surface area contributed by atoms with E-state index < -0.39 is 11.9 Å². The quantitative estimate of drug-likeness (QED) is 0.921. The van der Waals surface area contributed by atoms with Gasteiger partial charge in [-0.05, 0) is 31.2 Å². The summed E-state index contributed by atoms with van der Waals surface area (Å²) in [4.78, 5) is 9.88. The van der Waals surface area contributed by atoms with E-state index in [1.165, 1.54) is 12.8 Å². The van der Waals surface area contributed by atoms with Crippen LogP contribution < -0.4 is 5.32 Å². The number of fused-ring (bicyclic) bond motifs is 1. The van der Waals surface area contributed by atoms with Crippen molar-refractivity contribution in [3.63, 3.8) is 0 Å². The number of rotatable bonds is 3. The Morgan fingerprint density at radius 2 is 2.09 bits per heavy atom. The van der Waals surface area contributed by atoms with Crippen molar-refractivity contribution in [3.05, 3.63) is 18.0 Å². The zero-order chi connectivity index (χ0) is 16.0. The minimum atomic E-state index is -4.45. The lowest BCUT2D eigenvalue weighted by atomic mass is 10.1. The highest BCUT2D eigenvalue weighted by atomic mass is 19.4.